The number of halogens is 3. The lowest BCUT2D eigenvalue weighted by molar-refractivity contribution is -0.274. The number of nitrogens with one attached hydrogen (secondary N) is 1. The molecule has 31 heavy (non-hydrogen) atoms. The summed E-state index contributed by atoms with van der Waals surface area (Å²) in [5.74, 6) is -0.767. The number of ether oxygens (including phenoxy) is 2. The summed E-state index contributed by atoms with van der Waals surface area (Å²) in [7, 11) is 0. The minimum absolute atomic E-state index is 0.0194. The molecular formula is C18H17F3N6O4. The number of amides is 1. The number of benzene rings is 1. The van der Waals surface area contributed by atoms with E-state index in [-0.39, 0.29) is 29.7 Å². The van der Waals surface area contributed by atoms with E-state index in [1.54, 1.807) is 0 Å². The van der Waals surface area contributed by atoms with Crippen molar-refractivity contribution in [2.45, 2.75) is 31.9 Å². The first-order chi connectivity index (χ1) is 14.8. The lowest BCUT2D eigenvalue weighted by atomic mass is 10.2. The van der Waals surface area contributed by atoms with E-state index < -0.39 is 17.7 Å². The first-order valence-corrected chi connectivity index (χ1v) is 9.35. The van der Waals surface area contributed by atoms with E-state index in [9.17, 15) is 22.8 Å². The minimum Gasteiger partial charge on any atom is -0.406 e. The van der Waals surface area contributed by atoms with Gasteiger partial charge in [0.15, 0.2) is 11.2 Å². The third kappa shape index (κ3) is 4.82. The zero-order valence-electron chi connectivity index (χ0n) is 16.0. The predicted molar refractivity (Wildman–Crippen MR) is 99.6 cm³/mol. The molecule has 2 aromatic heterocycles. The Hall–Kier alpha value is -3.48. The number of hydrogen-bond acceptors (Lipinski definition) is 7. The van der Waals surface area contributed by atoms with Crippen LogP contribution >= 0.6 is 0 Å². The van der Waals surface area contributed by atoms with Gasteiger partial charge in [0.2, 0.25) is 5.91 Å². The standard InChI is InChI=1S/C18H17F3N6O4/c19-18(20,21)31-12-5-3-11(4-6-12)27-16-15(24-25-27)17(29)26(10-23-16)9-14(28)22-8-13-2-1-7-30-13/h3-6,10,13H,1-2,7-9H2,(H,22,28). The molecule has 1 unspecified atom stereocenters. The minimum atomic E-state index is -4.80. The molecule has 1 saturated heterocycles. The summed E-state index contributed by atoms with van der Waals surface area (Å²) in [5.41, 5.74) is -0.216. The summed E-state index contributed by atoms with van der Waals surface area (Å²) in [6.45, 7) is 0.798. The zero-order valence-corrected chi connectivity index (χ0v) is 16.0. The summed E-state index contributed by atoms with van der Waals surface area (Å²) < 4.78 is 48.4. The smallest absolute Gasteiger partial charge is 0.406 e. The van der Waals surface area contributed by atoms with Crippen molar-refractivity contribution < 1.29 is 27.4 Å². The van der Waals surface area contributed by atoms with Crippen molar-refractivity contribution >= 4 is 17.1 Å². The van der Waals surface area contributed by atoms with Crippen LogP contribution in [0.3, 0.4) is 0 Å². The van der Waals surface area contributed by atoms with Gasteiger partial charge in [0.05, 0.1) is 11.8 Å². The quantitative estimate of drug-likeness (QED) is 0.615. The average Bonchev–Trinajstić information content (AvgIpc) is 3.38. The van der Waals surface area contributed by atoms with E-state index in [1.807, 2.05) is 0 Å². The fraction of sp³-hybridized carbons (Fsp3) is 0.389. The molecule has 1 aliphatic heterocycles. The maximum atomic E-state index is 12.6. The monoisotopic (exact) mass is 438 g/mol. The first-order valence-electron chi connectivity index (χ1n) is 9.35. The summed E-state index contributed by atoms with van der Waals surface area (Å²) in [6, 6.07) is 4.85. The number of carbonyl (C=O) groups excluding carboxylic acids is 1. The predicted octanol–water partition coefficient (Wildman–Crippen LogP) is 1.17. The highest BCUT2D eigenvalue weighted by molar-refractivity contribution is 5.76. The molecule has 3 aromatic rings. The molecule has 3 heterocycles. The van der Waals surface area contributed by atoms with Crippen molar-refractivity contribution in [3.8, 4) is 11.4 Å². The van der Waals surface area contributed by atoms with Crippen LogP contribution in [0.1, 0.15) is 12.8 Å². The van der Waals surface area contributed by atoms with E-state index in [2.05, 4.69) is 25.3 Å². The van der Waals surface area contributed by atoms with Crippen molar-refractivity contribution in [2.24, 2.45) is 0 Å². The zero-order chi connectivity index (χ0) is 22.0. The topological polar surface area (TPSA) is 113 Å². The molecule has 4 rings (SSSR count). The normalized spacial score (nSPS) is 16.5. The number of nitrogens with zero attached hydrogens (tertiary/aromatic N) is 5. The van der Waals surface area contributed by atoms with Gasteiger partial charge in [-0.2, -0.15) is 4.68 Å². The lowest BCUT2D eigenvalue weighted by Crippen LogP contribution is -2.36. The summed E-state index contributed by atoms with van der Waals surface area (Å²) >= 11 is 0. The van der Waals surface area contributed by atoms with Crippen molar-refractivity contribution in [1.82, 2.24) is 29.9 Å². The second kappa shape index (κ2) is 8.34. The van der Waals surface area contributed by atoms with Gasteiger partial charge in [-0.3, -0.25) is 14.2 Å². The van der Waals surface area contributed by atoms with Gasteiger partial charge in [-0.25, -0.2) is 4.98 Å². The Morgan fingerprint density at radius 2 is 2.06 bits per heavy atom. The number of rotatable bonds is 6. The van der Waals surface area contributed by atoms with Crippen LogP contribution in [0.4, 0.5) is 13.2 Å². The SMILES string of the molecule is O=C(Cn1cnc2c(nnn2-c2ccc(OC(F)(F)F)cc2)c1=O)NCC1CCCO1. The Labute approximate surface area is 172 Å². The van der Waals surface area contributed by atoms with Gasteiger partial charge in [-0.15, -0.1) is 18.3 Å². The van der Waals surface area contributed by atoms with Crippen LogP contribution in [0.15, 0.2) is 35.4 Å². The van der Waals surface area contributed by atoms with E-state index in [0.29, 0.717) is 18.8 Å². The third-order valence-electron chi connectivity index (χ3n) is 4.61. The maximum Gasteiger partial charge on any atom is 0.573 e. The number of alkyl halides is 3. The van der Waals surface area contributed by atoms with Gasteiger partial charge in [0.1, 0.15) is 18.6 Å². The molecule has 10 nitrogen and oxygen atoms in total. The summed E-state index contributed by atoms with van der Waals surface area (Å²) in [4.78, 5) is 28.9. The van der Waals surface area contributed by atoms with E-state index >= 15 is 0 Å². The van der Waals surface area contributed by atoms with Gasteiger partial charge >= 0.3 is 6.36 Å². The highest BCUT2D eigenvalue weighted by Gasteiger charge is 2.31. The average molecular weight is 438 g/mol. The Balaban J connectivity index is 1.50. The maximum absolute atomic E-state index is 12.6. The molecule has 13 heteroatoms. The van der Waals surface area contributed by atoms with Gasteiger partial charge in [-0.05, 0) is 37.1 Å². The Kier molecular flexibility index (Phi) is 5.59. The first kappa shape index (κ1) is 20.8. The van der Waals surface area contributed by atoms with Crippen molar-refractivity contribution in [2.75, 3.05) is 13.2 Å². The molecule has 1 aromatic carbocycles. The lowest BCUT2D eigenvalue weighted by Gasteiger charge is -2.11. The van der Waals surface area contributed by atoms with E-state index in [0.717, 1.165) is 29.5 Å². The number of aromatic nitrogens is 5. The second-order valence-electron chi connectivity index (χ2n) is 6.83. The molecular weight excluding hydrogens is 421 g/mol. The Morgan fingerprint density at radius 3 is 2.74 bits per heavy atom. The van der Waals surface area contributed by atoms with Crippen LogP contribution in [0.2, 0.25) is 0 Å². The van der Waals surface area contributed by atoms with Crippen molar-refractivity contribution in [3.05, 3.63) is 40.9 Å². The molecule has 1 aliphatic rings. The molecule has 0 radical (unpaired) electrons. The van der Waals surface area contributed by atoms with Crippen LogP contribution in [0.5, 0.6) is 5.75 Å². The van der Waals surface area contributed by atoms with Crippen molar-refractivity contribution in [3.63, 3.8) is 0 Å². The van der Waals surface area contributed by atoms with Crippen LogP contribution in [0, 0.1) is 0 Å². The molecule has 0 spiro atoms. The summed E-state index contributed by atoms with van der Waals surface area (Å²) in [6.07, 6.45) is -1.80. The molecule has 0 aliphatic carbocycles. The summed E-state index contributed by atoms with van der Waals surface area (Å²) in [5, 5.41) is 10.4. The molecule has 1 N–H and O–H groups in total. The van der Waals surface area contributed by atoms with E-state index in [1.165, 1.54) is 23.1 Å². The van der Waals surface area contributed by atoms with Gasteiger partial charge in [0.25, 0.3) is 5.56 Å². The number of hydrogen-bond donors (Lipinski definition) is 1. The molecule has 1 amide bonds. The fourth-order valence-electron chi connectivity index (χ4n) is 3.16. The Bertz CT molecular complexity index is 1140. The van der Waals surface area contributed by atoms with Crippen LogP contribution in [0.25, 0.3) is 16.9 Å². The third-order valence-corrected chi connectivity index (χ3v) is 4.61. The number of fused-ring (bicyclic) bond motifs is 1. The highest BCUT2D eigenvalue weighted by atomic mass is 19.4. The Morgan fingerprint density at radius 1 is 1.29 bits per heavy atom. The molecule has 164 valence electrons. The van der Waals surface area contributed by atoms with Crippen molar-refractivity contribution in [1.29, 1.82) is 0 Å². The fourth-order valence-corrected chi connectivity index (χ4v) is 3.16. The molecule has 0 saturated carbocycles. The second-order valence-corrected chi connectivity index (χ2v) is 6.83. The van der Waals surface area contributed by atoms with Gasteiger partial charge in [0, 0.05) is 13.2 Å². The highest BCUT2D eigenvalue weighted by Crippen LogP contribution is 2.24. The van der Waals surface area contributed by atoms with Crippen LogP contribution < -0.4 is 15.6 Å². The van der Waals surface area contributed by atoms with Crippen LogP contribution in [-0.4, -0.2) is 56.1 Å². The molecule has 1 atom stereocenters. The van der Waals surface area contributed by atoms with Gasteiger partial charge in [-0.1, -0.05) is 5.21 Å². The van der Waals surface area contributed by atoms with Crippen LogP contribution in [-0.2, 0) is 16.1 Å². The molecule has 0 bridgehead atoms. The largest absolute Gasteiger partial charge is 0.573 e. The van der Waals surface area contributed by atoms with E-state index in [4.69, 9.17) is 4.74 Å². The number of carbonyl (C=O) groups is 1. The van der Waals surface area contributed by atoms with Gasteiger partial charge < -0.3 is 14.8 Å². The molecule has 1 fully saturated rings.